The zero-order valence-corrected chi connectivity index (χ0v) is 11.3. The molecule has 1 aromatic heterocycles. The SMILES string of the molecule is Cc1ccc(-c2nn(-c3ccc(F)cc3F)cc2N)cc1. The molecule has 0 aliphatic heterocycles. The molecular formula is C16H13F2N3. The van der Waals surface area contributed by atoms with Crippen LogP contribution in [0.4, 0.5) is 14.5 Å². The summed E-state index contributed by atoms with van der Waals surface area (Å²) >= 11 is 0. The third kappa shape index (κ3) is 2.50. The lowest BCUT2D eigenvalue weighted by Crippen LogP contribution is -1.99. The minimum absolute atomic E-state index is 0.154. The van der Waals surface area contributed by atoms with Crippen LogP contribution in [0.5, 0.6) is 0 Å². The molecule has 0 saturated carbocycles. The second kappa shape index (κ2) is 5.01. The third-order valence-corrected chi connectivity index (χ3v) is 3.22. The maximum Gasteiger partial charge on any atom is 0.151 e. The molecule has 0 aliphatic carbocycles. The van der Waals surface area contributed by atoms with Crippen molar-refractivity contribution < 1.29 is 8.78 Å². The first-order valence-electron chi connectivity index (χ1n) is 6.42. The summed E-state index contributed by atoms with van der Waals surface area (Å²) in [5.41, 5.74) is 9.08. The molecule has 0 bridgehead atoms. The lowest BCUT2D eigenvalue weighted by Gasteiger charge is -2.03. The van der Waals surface area contributed by atoms with Gasteiger partial charge in [0.1, 0.15) is 17.2 Å². The summed E-state index contributed by atoms with van der Waals surface area (Å²) in [4.78, 5) is 0. The van der Waals surface area contributed by atoms with Crippen molar-refractivity contribution in [1.82, 2.24) is 9.78 Å². The maximum absolute atomic E-state index is 13.8. The van der Waals surface area contributed by atoms with E-state index >= 15 is 0 Å². The zero-order valence-electron chi connectivity index (χ0n) is 11.3. The number of aryl methyl sites for hydroxylation is 1. The highest BCUT2D eigenvalue weighted by Crippen LogP contribution is 2.26. The predicted octanol–water partition coefficient (Wildman–Crippen LogP) is 3.71. The molecule has 3 rings (SSSR count). The second-order valence-electron chi connectivity index (χ2n) is 4.84. The summed E-state index contributed by atoms with van der Waals surface area (Å²) in [7, 11) is 0. The topological polar surface area (TPSA) is 43.8 Å². The monoisotopic (exact) mass is 285 g/mol. The number of aromatic nitrogens is 2. The van der Waals surface area contributed by atoms with Crippen molar-refractivity contribution in [3.63, 3.8) is 0 Å². The van der Waals surface area contributed by atoms with Crippen molar-refractivity contribution in [3.05, 3.63) is 65.9 Å². The van der Waals surface area contributed by atoms with Gasteiger partial charge in [0, 0.05) is 11.6 Å². The van der Waals surface area contributed by atoms with E-state index in [1.54, 1.807) is 0 Å². The molecule has 21 heavy (non-hydrogen) atoms. The Morgan fingerprint density at radius 1 is 1.05 bits per heavy atom. The molecule has 2 N–H and O–H groups in total. The molecule has 0 radical (unpaired) electrons. The largest absolute Gasteiger partial charge is 0.396 e. The number of hydrogen-bond donors (Lipinski definition) is 1. The smallest absolute Gasteiger partial charge is 0.151 e. The molecule has 0 unspecified atom stereocenters. The minimum Gasteiger partial charge on any atom is -0.396 e. The zero-order chi connectivity index (χ0) is 15.0. The molecule has 1 heterocycles. The van der Waals surface area contributed by atoms with Crippen molar-refractivity contribution in [3.8, 4) is 16.9 Å². The van der Waals surface area contributed by atoms with E-state index in [0.29, 0.717) is 11.4 Å². The molecule has 0 amide bonds. The van der Waals surface area contributed by atoms with Gasteiger partial charge in [0.05, 0.1) is 11.9 Å². The molecule has 0 aliphatic rings. The van der Waals surface area contributed by atoms with Gasteiger partial charge < -0.3 is 5.73 Å². The molecular weight excluding hydrogens is 272 g/mol. The fourth-order valence-electron chi connectivity index (χ4n) is 2.11. The molecule has 2 aromatic carbocycles. The first-order chi connectivity index (χ1) is 10.0. The number of rotatable bonds is 2. The van der Waals surface area contributed by atoms with Crippen molar-refractivity contribution in [1.29, 1.82) is 0 Å². The highest BCUT2D eigenvalue weighted by atomic mass is 19.1. The van der Waals surface area contributed by atoms with Crippen LogP contribution in [0.1, 0.15) is 5.56 Å². The molecule has 3 nitrogen and oxygen atoms in total. The highest BCUT2D eigenvalue weighted by molar-refractivity contribution is 5.72. The highest BCUT2D eigenvalue weighted by Gasteiger charge is 2.12. The Balaban J connectivity index is 2.07. The normalized spacial score (nSPS) is 10.8. The van der Waals surface area contributed by atoms with Gasteiger partial charge in [-0.15, -0.1) is 0 Å². The van der Waals surface area contributed by atoms with E-state index in [-0.39, 0.29) is 5.69 Å². The van der Waals surface area contributed by atoms with Gasteiger partial charge in [-0.05, 0) is 19.1 Å². The van der Waals surface area contributed by atoms with Crippen LogP contribution < -0.4 is 5.73 Å². The van der Waals surface area contributed by atoms with Gasteiger partial charge in [0.2, 0.25) is 0 Å². The standard InChI is InChI=1S/C16H13F2N3/c1-10-2-4-11(5-3-10)16-14(19)9-21(20-16)15-7-6-12(17)8-13(15)18/h2-9H,19H2,1H3. The van der Waals surface area contributed by atoms with Crippen LogP contribution in [-0.2, 0) is 0 Å². The second-order valence-corrected chi connectivity index (χ2v) is 4.84. The van der Waals surface area contributed by atoms with Gasteiger partial charge >= 0.3 is 0 Å². The van der Waals surface area contributed by atoms with Crippen LogP contribution in [0, 0.1) is 18.6 Å². The Hall–Kier alpha value is -2.69. The maximum atomic E-state index is 13.8. The van der Waals surface area contributed by atoms with E-state index in [1.807, 2.05) is 31.2 Å². The van der Waals surface area contributed by atoms with Crippen LogP contribution in [0.2, 0.25) is 0 Å². The van der Waals surface area contributed by atoms with Crippen molar-refractivity contribution >= 4 is 5.69 Å². The lowest BCUT2D eigenvalue weighted by atomic mass is 10.1. The molecule has 0 saturated heterocycles. The van der Waals surface area contributed by atoms with E-state index in [0.717, 1.165) is 17.2 Å². The van der Waals surface area contributed by atoms with Crippen molar-refractivity contribution in [2.45, 2.75) is 6.92 Å². The summed E-state index contributed by atoms with van der Waals surface area (Å²) < 4.78 is 28.1. The first kappa shape index (κ1) is 13.3. The Labute approximate surface area is 120 Å². The van der Waals surface area contributed by atoms with E-state index in [2.05, 4.69) is 5.10 Å². The average molecular weight is 285 g/mol. The Morgan fingerprint density at radius 2 is 1.76 bits per heavy atom. The van der Waals surface area contributed by atoms with E-state index < -0.39 is 11.6 Å². The number of hydrogen-bond acceptors (Lipinski definition) is 2. The molecule has 106 valence electrons. The lowest BCUT2D eigenvalue weighted by molar-refractivity contribution is 0.574. The van der Waals surface area contributed by atoms with Crippen LogP contribution in [-0.4, -0.2) is 9.78 Å². The molecule has 5 heteroatoms. The van der Waals surface area contributed by atoms with Crippen LogP contribution in [0.15, 0.2) is 48.7 Å². The summed E-state index contributed by atoms with van der Waals surface area (Å²) in [6, 6.07) is 11.0. The predicted molar refractivity (Wildman–Crippen MR) is 78.1 cm³/mol. The number of benzene rings is 2. The molecule has 0 fully saturated rings. The van der Waals surface area contributed by atoms with E-state index in [4.69, 9.17) is 5.73 Å². The van der Waals surface area contributed by atoms with Crippen LogP contribution in [0.25, 0.3) is 16.9 Å². The number of anilines is 1. The minimum atomic E-state index is -0.687. The molecule has 0 spiro atoms. The van der Waals surface area contributed by atoms with Crippen molar-refractivity contribution in [2.75, 3.05) is 5.73 Å². The van der Waals surface area contributed by atoms with Crippen LogP contribution in [0.3, 0.4) is 0 Å². The van der Waals surface area contributed by atoms with E-state index in [1.165, 1.54) is 23.0 Å². The fraction of sp³-hybridized carbons (Fsp3) is 0.0625. The number of nitrogen functional groups attached to an aromatic ring is 1. The van der Waals surface area contributed by atoms with Gasteiger partial charge in [-0.2, -0.15) is 5.10 Å². The number of nitrogens with zero attached hydrogens (tertiary/aromatic N) is 2. The van der Waals surface area contributed by atoms with Gasteiger partial charge in [-0.25, -0.2) is 13.5 Å². The van der Waals surface area contributed by atoms with Gasteiger partial charge in [-0.3, -0.25) is 0 Å². The number of halogens is 2. The van der Waals surface area contributed by atoms with Crippen molar-refractivity contribution in [2.24, 2.45) is 0 Å². The number of nitrogens with two attached hydrogens (primary N) is 1. The Morgan fingerprint density at radius 3 is 2.43 bits per heavy atom. The third-order valence-electron chi connectivity index (χ3n) is 3.22. The van der Waals surface area contributed by atoms with Gasteiger partial charge in [0.25, 0.3) is 0 Å². The Bertz CT molecular complexity index is 792. The first-order valence-corrected chi connectivity index (χ1v) is 6.42. The van der Waals surface area contributed by atoms with Gasteiger partial charge in [-0.1, -0.05) is 29.8 Å². The van der Waals surface area contributed by atoms with Gasteiger partial charge in [0.15, 0.2) is 5.82 Å². The quantitative estimate of drug-likeness (QED) is 0.780. The Kier molecular flexibility index (Phi) is 3.17. The van der Waals surface area contributed by atoms with E-state index in [9.17, 15) is 8.78 Å². The summed E-state index contributed by atoms with van der Waals surface area (Å²) in [6.45, 7) is 1.99. The average Bonchev–Trinajstić information content (AvgIpc) is 2.81. The fourth-order valence-corrected chi connectivity index (χ4v) is 2.11. The summed E-state index contributed by atoms with van der Waals surface area (Å²) in [5, 5.41) is 4.30. The summed E-state index contributed by atoms with van der Waals surface area (Å²) in [5.74, 6) is -1.32. The van der Waals surface area contributed by atoms with Crippen LogP contribution >= 0.6 is 0 Å². The molecule has 3 aromatic rings. The molecule has 0 atom stereocenters. The summed E-state index contributed by atoms with van der Waals surface area (Å²) in [6.07, 6.45) is 1.52.